The Balaban J connectivity index is 1.50. The van der Waals surface area contributed by atoms with Crippen LogP contribution < -0.4 is 5.32 Å². The van der Waals surface area contributed by atoms with Crippen LogP contribution in [0.15, 0.2) is 58.0 Å². The summed E-state index contributed by atoms with van der Waals surface area (Å²) in [5, 5.41) is 4.22. The maximum atomic E-state index is 13.4. The fourth-order valence-electron chi connectivity index (χ4n) is 3.90. The molecule has 31 heavy (non-hydrogen) atoms. The molecule has 0 atom stereocenters. The molecule has 0 radical (unpaired) electrons. The van der Waals surface area contributed by atoms with E-state index in [2.05, 4.69) is 43.1 Å². The van der Waals surface area contributed by atoms with Crippen LogP contribution in [-0.2, 0) is 16.6 Å². The van der Waals surface area contributed by atoms with Crippen LogP contribution in [0.2, 0.25) is 0 Å². The fraction of sp³-hybridized carbons (Fsp3) is 0.409. The van der Waals surface area contributed by atoms with E-state index in [1.54, 1.807) is 30.5 Å². The zero-order valence-electron chi connectivity index (χ0n) is 17.7. The summed E-state index contributed by atoms with van der Waals surface area (Å²) in [4.78, 5) is 9.48. The van der Waals surface area contributed by atoms with E-state index in [-0.39, 0.29) is 4.90 Å². The number of likely N-dealkylation sites (N-methyl/N-ethyl adjacent to an activating group) is 1. The van der Waals surface area contributed by atoms with Gasteiger partial charge < -0.3 is 15.1 Å². The number of nitrogens with zero attached hydrogens (tertiary/aromatic N) is 4. The third-order valence-corrected chi connectivity index (χ3v) is 8.14. The molecule has 166 valence electrons. The minimum Gasteiger partial charge on any atom is -0.311 e. The van der Waals surface area contributed by atoms with Crippen LogP contribution in [0.4, 0.5) is 0 Å². The SMILES string of the molecule is CN1CCN(CCCNCc2cc3c(Br)ccnc3n2S(=O)(=O)c2ccccc2)CC1. The summed E-state index contributed by atoms with van der Waals surface area (Å²) in [7, 11) is -1.59. The highest BCUT2D eigenvalue weighted by Gasteiger charge is 2.24. The van der Waals surface area contributed by atoms with Crippen molar-refractivity contribution in [2.75, 3.05) is 46.3 Å². The molecule has 1 aromatic carbocycles. The molecule has 0 bridgehead atoms. The van der Waals surface area contributed by atoms with Gasteiger partial charge in [-0.05, 0) is 66.8 Å². The summed E-state index contributed by atoms with van der Waals surface area (Å²) in [6.45, 7) is 6.80. The second-order valence-corrected chi connectivity index (χ2v) is 10.6. The van der Waals surface area contributed by atoms with Gasteiger partial charge in [0.2, 0.25) is 0 Å². The number of rotatable bonds is 8. The monoisotopic (exact) mass is 505 g/mol. The van der Waals surface area contributed by atoms with Crippen LogP contribution in [0.5, 0.6) is 0 Å². The summed E-state index contributed by atoms with van der Waals surface area (Å²) in [6, 6.07) is 12.2. The normalized spacial score (nSPS) is 16.2. The average Bonchev–Trinajstić information content (AvgIpc) is 3.16. The largest absolute Gasteiger partial charge is 0.311 e. The van der Waals surface area contributed by atoms with Crippen molar-refractivity contribution in [3.8, 4) is 0 Å². The molecule has 0 saturated carbocycles. The lowest BCUT2D eigenvalue weighted by Gasteiger charge is -2.32. The Morgan fingerprint density at radius 3 is 2.58 bits per heavy atom. The van der Waals surface area contributed by atoms with Crippen LogP contribution >= 0.6 is 15.9 Å². The smallest absolute Gasteiger partial charge is 0.269 e. The summed E-state index contributed by atoms with van der Waals surface area (Å²) < 4.78 is 29.1. The molecule has 3 heterocycles. The lowest BCUT2D eigenvalue weighted by Crippen LogP contribution is -2.45. The zero-order valence-corrected chi connectivity index (χ0v) is 20.1. The van der Waals surface area contributed by atoms with E-state index < -0.39 is 10.0 Å². The molecule has 1 N–H and O–H groups in total. The molecule has 2 aromatic heterocycles. The standard InChI is InChI=1S/C22H28BrN5O2S/c1-26-12-14-27(15-13-26)11-5-9-24-17-18-16-20-21(23)8-10-25-22(20)28(18)31(29,30)19-6-3-2-4-7-19/h2-4,6-8,10,16,24H,5,9,11-15,17H2,1H3. The van der Waals surface area contributed by atoms with Crippen LogP contribution in [0.1, 0.15) is 12.1 Å². The number of aromatic nitrogens is 2. The highest BCUT2D eigenvalue weighted by molar-refractivity contribution is 9.10. The van der Waals surface area contributed by atoms with Crippen LogP contribution in [0.25, 0.3) is 11.0 Å². The van der Waals surface area contributed by atoms with Gasteiger partial charge in [-0.1, -0.05) is 18.2 Å². The van der Waals surface area contributed by atoms with E-state index in [0.29, 0.717) is 17.9 Å². The Morgan fingerprint density at radius 2 is 1.84 bits per heavy atom. The molecule has 0 unspecified atom stereocenters. The van der Waals surface area contributed by atoms with Crippen molar-refractivity contribution in [2.45, 2.75) is 17.9 Å². The first-order valence-corrected chi connectivity index (χ1v) is 12.8. The predicted octanol–water partition coefficient (Wildman–Crippen LogP) is 2.76. The number of halogens is 1. The van der Waals surface area contributed by atoms with Gasteiger partial charge in [0.05, 0.1) is 10.6 Å². The van der Waals surface area contributed by atoms with Crippen molar-refractivity contribution in [1.82, 2.24) is 24.1 Å². The summed E-state index contributed by atoms with van der Waals surface area (Å²) in [6.07, 6.45) is 2.65. The molecule has 0 aliphatic carbocycles. The molecule has 0 amide bonds. The van der Waals surface area contributed by atoms with Gasteiger partial charge in [0.15, 0.2) is 5.65 Å². The maximum Gasteiger partial charge on any atom is 0.269 e. The first-order valence-electron chi connectivity index (χ1n) is 10.5. The van der Waals surface area contributed by atoms with Gasteiger partial charge in [0.1, 0.15) is 0 Å². The quantitative estimate of drug-likeness (QED) is 0.474. The third-order valence-electron chi connectivity index (χ3n) is 5.69. The molecule has 1 saturated heterocycles. The van der Waals surface area contributed by atoms with E-state index in [4.69, 9.17) is 0 Å². The lowest BCUT2D eigenvalue weighted by atomic mass is 10.3. The molecule has 9 heteroatoms. The number of pyridine rings is 1. The molecular formula is C22H28BrN5O2S. The first kappa shape index (κ1) is 22.4. The van der Waals surface area contributed by atoms with Crippen molar-refractivity contribution in [1.29, 1.82) is 0 Å². The number of nitrogens with one attached hydrogen (secondary N) is 1. The van der Waals surface area contributed by atoms with Gasteiger partial charge >= 0.3 is 0 Å². The van der Waals surface area contributed by atoms with Gasteiger partial charge in [-0.15, -0.1) is 0 Å². The molecule has 1 aliphatic heterocycles. The Labute approximate surface area is 192 Å². The van der Waals surface area contributed by atoms with E-state index >= 15 is 0 Å². The minimum atomic E-state index is -3.75. The highest BCUT2D eigenvalue weighted by Crippen LogP contribution is 2.29. The lowest BCUT2D eigenvalue weighted by molar-refractivity contribution is 0.152. The number of piperazine rings is 1. The van der Waals surface area contributed by atoms with Crippen molar-refractivity contribution >= 4 is 37.0 Å². The van der Waals surface area contributed by atoms with Crippen molar-refractivity contribution in [3.63, 3.8) is 0 Å². The Kier molecular flexibility index (Phi) is 7.08. The van der Waals surface area contributed by atoms with Crippen molar-refractivity contribution < 1.29 is 8.42 Å². The highest BCUT2D eigenvalue weighted by atomic mass is 79.9. The molecule has 1 fully saturated rings. The van der Waals surface area contributed by atoms with Crippen LogP contribution in [-0.4, -0.2) is 73.5 Å². The number of benzene rings is 1. The van der Waals surface area contributed by atoms with Gasteiger partial charge in [-0.25, -0.2) is 17.4 Å². The third kappa shape index (κ3) is 5.01. The van der Waals surface area contributed by atoms with E-state index in [1.807, 2.05) is 18.2 Å². The second kappa shape index (κ2) is 9.79. The van der Waals surface area contributed by atoms with Crippen LogP contribution in [0, 0.1) is 0 Å². The molecule has 4 rings (SSSR count). The fourth-order valence-corrected chi connectivity index (χ4v) is 5.82. The number of hydrogen-bond acceptors (Lipinski definition) is 6. The van der Waals surface area contributed by atoms with E-state index in [9.17, 15) is 8.42 Å². The van der Waals surface area contributed by atoms with E-state index in [1.165, 1.54) is 3.97 Å². The zero-order chi connectivity index (χ0) is 21.8. The molecule has 1 aliphatic rings. The van der Waals surface area contributed by atoms with Crippen LogP contribution in [0.3, 0.4) is 0 Å². The number of fused-ring (bicyclic) bond motifs is 1. The molecule has 0 spiro atoms. The molecule has 3 aromatic rings. The topological polar surface area (TPSA) is 70.5 Å². The summed E-state index contributed by atoms with van der Waals surface area (Å²) in [5.74, 6) is 0. The van der Waals surface area contributed by atoms with E-state index in [0.717, 1.165) is 55.5 Å². The van der Waals surface area contributed by atoms with Gasteiger partial charge in [0, 0.05) is 48.8 Å². The van der Waals surface area contributed by atoms with Gasteiger partial charge in [-0.3, -0.25) is 0 Å². The Bertz CT molecular complexity index is 1130. The second-order valence-electron chi connectivity index (χ2n) is 7.92. The Hall–Kier alpha value is -1.78. The minimum absolute atomic E-state index is 0.255. The number of hydrogen-bond donors (Lipinski definition) is 1. The maximum absolute atomic E-state index is 13.4. The molecule has 7 nitrogen and oxygen atoms in total. The van der Waals surface area contributed by atoms with Gasteiger partial charge in [-0.2, -0.15) is 0 Å². The first-order chi connectivity index (χ1) is 15.0. The van der Waals surface area contributed by atoms with Gasteiger partial charge in [0.25, 0.3) is 10.0 Å². The Morgan fingerprint density at radius 1 is 1.10 bits per heavy atom. The van der Waals surface area contributed by atoms with Crippen molar-refractivity contribution in [3.05, 3.63) is 58.8 Å². The molecular weight excluding hydrogens is 478 g/mol. The predicted molar refractivity (Wildman–Crippen MR) is 127 cm³/mol. The average molecular weight is 506 g/mol. The summed E-state index contributed by atoms with van der Waals surface area (Å²) >= 11 is 3.53. The van der Waals surface area contributed by atoms with Crippen molar-refractivity contribution in [2.24, 2.45) is 0 Å². The summed E-state index contributed by atoms with van der Waals surface area (Å²) in [5.41, 5.74) is 1.12.